The van der Waals surface area contributed by atoms with Gasteiger partial charge in [-0.25, -0.2) is 9.59 Å². The molecular formula is C36H34BrClN2O8. The molecule has 0 saturated heterocycles. The lowest BCUT2D eigenvalue weighted by molar-refractivity contribution is -0.153. The highest BCUT2D eigenvalue weighted by atomic mass is 79.9. The summed E-state index contributed by atoms with van der Waals surface area (Å²) in [5.74, 6) is -2.08. The quantitative estimate of drug-likeness (QED) is 0.0923. The maximum absolute atomic E-state index is 12.9. The fourth-order valence-electron chi connectivity index (χ4n) is 4.40. The largest absolute Gasteiger partial charge is 0.488 e. The zero-order valence-corrected chi connectivity index (χ0v) is 28.6. The van der Waals surface area contributed by atoms with E-state index in [1.807, 2.05) is 54.6 Å². The van der Waals surface area contributed by atoms with Crippen molar-refractivity contribution in [2.24, 2.45) is 0 Å². The second-order valence-corrected chi connectivity index (χ2v) is 11.9. The third kappa shape index (κ3) is 10.9. The standard InChI is InChI=1S/C36H34BrClN2O8/c1-23(2)48-36(44)30(22-47-34(43)14-13-33(41)42)40-19-27-16-29(38)32(17-31(27)45-20-24-8-7-15-39-18-24)46-21-26-11-6-12-28(35(26)37)25-9-4-3-5-10-25/h3-18,23,30,40H,19-22H2,1-2H3,(H,41,42)/b14-13-/t30-/m0/s1. The number of aliphatic carboxylic acids is 1. The van der Waals surface area contributed by atoms with Crippen LogP contribution < -0.4 is 14.8 Å². The van der Waals surface area contributed by atoms with E-state index < -0.39 is 36.7 Å². The van der Waals surface area contributed by atoms with Crippen LogP contribution in [0.15, 0.2) is 102 Å². The van der Waals surface area contributed by atoms with Crippen LogP contribution in [0.25, 0.3) is 11.1 Å². The first-order valence-electron chi connectivity index (χ1n) is 14.9. The van der Waals surface area contributed by atoms with Gasteiger partial charge in [-0.1, -0.05) is 66.2 Å². The van der Waals surface area contributed by atoms with Crippen LogP contribution in [0.2, 0.25) is 5.02 Å². The van der Waals surface area contributed by atoms with Gasteiger partial charge >= 0.3 is 17.9 Å². The van der Waals surface area contributed by atoms with Crippen molar-refractivity contribution in [3.63, 3.8) is 0 Å². The van der Waals surface area contributed by atoms with Gasteiger partial charge in [-0.3, -0.25) is 15.1 Å². The van der Waals surface area contributed by atoms with Crippen molar-refractivity contribution in [2.45, 2.75) is 45.8 Å². The minimum atomic E-state index is -1.31. The summed E-state index contributed by atoms with van der Waals surface area (Å²) in [5.41, 5.74) is 4.42. The molecule has 1 aromatic heterocycles. The van der Waals surface area contributed by atoms with E-state index in [0.29, 0.717) is 28.2 Å². The molecule has 2 N–H and O–H groups in total. The Morgan fingerprint density at radius 3 is 2.42 bits per heavy atom. The lowest BCUT2D eigenvalue weighted by Gasteiger charge is -2.21. The van der Waals surface area contributed by atoms with Gasteiger partial charge in [0.15, 0.2) is 0 Å². The number of pyridine rings is 1. The van der Waals surface area contributed by atoms with Gasteiger partial charge in [-0.2, -0.15) is 0 Å². The third-order valence-electron chi connectivity index (χ3n) is 6.71. The Morgan fingerprint density at radius 2 is 1.71 bits per heavy atom. The highest BCUT2D eigenvalue weighted by Gasteiger charge is 2.24. The van der Waals surface area contributed by atoms with Gasteiger partial charge in [0.25, 0.3) is 0 Å². The van der Waals surface area contributed by atoms with Gasteiger partial charge in [0, 0.05) is 58.3 Å². The number of nitrogens with one attached hydrogen (secondary N) is 1. The summed E-state index contributed by atoms with van der Waals surface area (Å²) in [6, 6.07) is 21.9. The van der Waals surface area contributed by atoms with Crippen LogP contribution in [-0.4, -0.2) is 46.8 Å². The molecule has 12 heteroatoms. The van der Waals surface area contributed by atoms with Crippen molar-refractivity contribution in [3.8, 4) is 22.6 Å². The SMILES string of the molecule is CC(C)OC(=O)[C@H](COC(=O)/C=C\C(=O)O)NCc1cc(Cl)c(OCc2cccc(-c3ccccc3)c2Br)cc1OCc1cccnc1. The molecule has 48 heavy (non-hydrogen) atoms. The lowest BCUT2D eigenvalue weighted by atomic mass is 10.0. The molecule has 0 saturated carbocycles. The van der Waals surface area contributed by atoms with Gasteiger partial charge in [-0.05, 0) is 53.0 Å². The van der Waals surface area contributed by atoms with Crippen LogP contribution in [-0.2, 0) is 43.6 Å². The molecule has 250 valence electrons. The lowest BCUT2D eigenvalue weighted by Crippen LogP contribution is -2.42. The highest BCUT2D eigenvalue weighted by Crippen LogP contribution is 2.36. The Kier molecular flexibility index (Phi) is 13.5. The van der Waals surface area contributed by atoms with Crippen molar-refractivity contribution in [2.75, 3.05) is 6.61 Å². The predicted molar refractivity (Wildman–Crippen MR) is 184 cm³/mol. The summed E-state index contributed by atoms with van der Waals surface area (Å²) in [7, 11) is 0. The Bertz CT molecular complexity index is 1740. The van der Waals surface area contributed by atoms with Crippen molar-refractivity contribution >= 4 is 45.4 Å². The molecule has 0 aliphatic carbocycles. The van der Waals surface area contributed by atoms with E-state index in [1.165, 1.54) is 0 Å². The summed E-state index contributed by atoms with van der Waals surface area (Å²) in [4.78, 5) is 39.7. The summed E-state index contributed by atoms with van der Waals surface area (Å²) >= 11 is 10.4. The number of carboxylic acid groups (broad SMARTS) is 1. The molecule has 0 fully saturated rings. The second kappa shape index (κ2) is 18.0. The van der Waals surface area contributed by atoms with Gasteiger partial charge in [0.05, 0.1) is 11.1 Å². The Balaban J connectivity index is 1.55. The molecule has 0 spiro atoms. The van der Waals surface area contributed by atoms with Crippen molar-refractivity contribution < 1.29 is 38.4 Å². The van der Waals surface area contributed by atoms with Crippen LogP contribution in [0.1, 0.15) is 30.5 Å². The van der Waals surface area contributed by atoms with E-state index >= 15 is 0 Å². The molecule has 10 nitrogen and oxygen atoms in total. The molecule has 0 bridgehead atoms. The first kappa shape index (κ1) is 36.1. The molecule has 1 heterocycles. The molecular weight excluding hydrogens is 704 g/mol. The fourth-order valence-corrected chi connectivity index (χ4v) is 5.25. The summed E-state index contributed by atoms with van der Waals surface area (Å²) in [6.07, 6.45) is 4.33. The minimum Gasteiger partial charge on any atom is -0.488 e. The van der Waals surface area contributed by atoms with Crippen LogP contribution >= 0.6 is 27.5 Å². The molecule has 1 atom stereocenters. The molecule has 0 unspecified atom stereocenters. The fraction of sp³-hybridized carbons (Fsp3) is 0.222. The van der Waals surface area contributed by atoms with E-state index in [0.717, 1.165) is 32.8 Å². The number of esters is 2. The number of carbonyl (C=O) groups excluding carboxylic acids is 2. The Hall–Kier alpha value is -4.71. The van der Waals surface area contributed by atoms with E-state index in [2.05, 4.69) is 26.2 Å². The number of hydrogen-bond acceptors (Lipinski definition) is 9. The molecule has 4 rings (SSSR count). The predicted octanol–water partition coefficient (Wildman–Crippen LogP) is 6.92. The second-order valence-electron chi connectivity index (χ2n) is 10.7. The van der Waals surface area contributed by atoms with E-state index in [-0.39, 0.29) is 19.8 Å². The van der Waals surface area contributed by atoms with Gasteiger partial charge in [0.2, 0.25) is 0 Å². The van der Waals surface area contributed by atoms with Gasteiger partial charge in [-0.15, -0.1) is 0 Å². The highest BCUT2D eigenvalue weighted by molar-refractivity contribution is 9.10. The topological polar surface area (TPSA) is 133 Å². The van der Waals surface area contributed by atoms with E-state index in [9.17, 15) is 14.4 Å². The zero-order valence-electron chi connectivity index (χ0n) is 26.2. The number of rotatable bonds is 16. The normalized spacial score (nSPS) is 11.7. The number of ether oxygens (including phenoxy) is 4. The summed E-state index contributed by atoms with van der Waals surface area (Å²) < 4.78 is 23.7. The smallest absolute Gasteiger partial charge is 0.331 e. The minimum absolute atomic E-state index is 0.0629. The maximum Gasteiger partial charge on any atom is 0.331 e. The number of halogens is 2. The van der Waals surface area contributed by atoms with Crippen LogP contribution in [0.4, 0.5) is 0 Å². The van der Waals surface area contributed by atoms with Crippen LogP contribution in [0.3, 0.4) is 0 Å². The average Bonchev–Trinajstić information content (AvgIpc) is 3.07. The Labute approximate surface area is 291 Å². The number of aromatic nitrogens is 1. The number of carbonyl (C=O) groups is 3. The number of benzene rings is 3. The van der Waals surface area contributed by atoms with Gasteiger partial charge in [0.1, 0.15) is 37.4 Å². The molecule has 0 radical (unpaired) electrons. The summed E-state index contributed by atoms with van der Waals surface area (Å²) in [5, 5.41) is 12.1. The molecule has 3 aromatic carbocycles. The van der Waals surface area contributed by atoms with E-state index in [1.54, 1.807) is 44.4 Å². The van der Waals surface area contributed by atoms with Crippen molar-refractivity contribution in [1.29, 1.82) is 0 Å². The number of nitrogens with zero attached hydrogens (tertiary/aromatic N) is 1. The first-order valence-corrected chi connectivity index (χ1v) is 16.1. The van der Waals surface area contributed by atoms with Gasteiger partial charge < -0.3 is 24.1 Å². The molecule has 0 aliphatic rings. The van der Waals surface area contributed by atoms with Crippen LogP contribution in [0, 0.1) is 0 Å². The average molecular weight is 738 g/mol. The van der Waals surface area contributed by atoms with E-state index in [4.69, 9.17) is 35.7 Å². The molecule has 0 amide bonds. The van der Waals surface area contributed by atoms with Crippen molar-refractivity contribution in [3.05, 3.63) is 124 Å². The first-order chi connectivity index (χ1) is 23.1. The van der Waals surface area contributed by atoms with Crippen molar-refractivity contribution in [1.82, 2.24) is 10.3 Å². The molecule has 4 aromatic rings. The van der Waals surface area contributed by atoms with Crippen LogP contribution in [0.5, 0.6) is 11.5 Å². The Morgan fingerprint density at radius 1 is 0.938 bits per heavy atom. The summed E-state index contributed by atoms with van der Waals surface area (Å²) in [6.45, 7) is 3.44. The molecule has 0 aliphatic heterocycles. The monoisotopic (exact) mass is 736 g/mol. The number of carboxylic acids is 1. The third-order valence-corrected chi connectivity index (χ3v) is 7.94. The number of hydrogen-bond donors (Lipinski definition) is 2. The maximum atomic E-state index is 12.9. The zero-order chi connectivity index (χ0) is 34.5.